The third-order valence-corrected chi connectivity index (χ3v) is 8.15. The van der Waals surface area contributed by atoms with Gasteiger partial charge in [0.15, 0.2) is 0 Å². The maximum absolute atomic E-state index is 14.0. The summed E-state index contributed by atoms with van der Waals surface area (Å²) in [5.41, 5.74) is -2.88. The SMILES string of the molecule is CC1=CC=CCC1=C1C=C(N2CC[N+](C)([O-])CC2)N(O)C=C1N(C)C(=O)C(C)(C)c1cc(C(F)(F)F)cc(C(F)(F)F)c1. The zero-order chi connectivity index (χ0) is 32.1. The van der Waals surface area contributed by atoms with Crippen LogP contribution in [0.25, 0.3) is 0 Å². The second-order valence-corrected chi connectivity index (χ2v) is 11.8. The van der Waals surface area contributed by atoms with Crippen LogP contribution in [0, 0.1) is 5.21 Å². The Labute approximate surface area is 246 Å². The Hall–Kier alpha value is -3.55. The molecule has 0 radical (unpaired) electrons. The summed E-state index contributed by atoms with van der Waals surface area (Å²) < 4.78 is 81.1. The number of allylic oxidation sites excluding steroid dienone is 6. The number of amides is 1. The Morgan fingerprint density at radius 1 is 1.00 bits per heavy atom. The van der Waals surface area contributed by atoms with Gasteiger partial charge in [0, 0.05) is 12.6 Å². The number of likely N-dealkylation sites (N-methyl/N-ethyl adjacent to an activating group) is 2. The molecule has 0 aromatic heterocycles. The maximum Gasteiger partial charge on any atom is 0.416 e. The highest BCUT2D eigenvalue weighted by atomic mass is 19.4. The Morgan fingerprint density at radius 2 is 1.53 bits per heavy atom. The molecule has 1 amide bonds. The highest BCUT2D eigenvalue weighted by molar-refractivity contribution is 5.89. The van der Waals surface area contributed by atoms with E-state index in [1.54, 1.807) is 13.1 Å². The normalized spacial score (nSPS) is 21.4. The molecule has 1 aliphatic carbocycles. The number of piperazine rings is 1. The van der Waals surface area contributed by atoms with Crippen LogP contribution >= 0.6 is 0 Å². The zero-order valence-corrected chi connectivity index (χ0v) is 24.5. The minimum atomic E-state index is -5.07. The molecule has 1 aromatic rings. The number of hydrogen-bond donors (Lipinski definition) is 1. The van der Waals surface area contributed by atoms with Crippen molar-refractivity contribution in [3.05, 3.63) is 98.8 Å². The summed E-state index contributed by atoms with van der Waals surface area (Å²) in [4.78, 5) is 16.9. The molecular weight excluding hydrogens is 578 g/mol. The molecule has 0 unspecified atom stereocenters. The number of carbonyl (C=O) groups excluding carboxylic acids is 1. The van der Waals surface area contributed by atoms with Crippen molar-refractivity contribution in [1.82, 2.24) is 14.9 Å². The van der Waals surface area contributed by atoms with Crippen molar-refractivity contribution < 1.29 is 41.0 Å². The highest BCUT2D eigenvalue weighted by Crippen LogP contribution is 2.41. The van der Waals surface area contributed by atoms with Crippen LogP contribution in [-0.2, 0) is 22.6 Å². The number of halogens is 6. The zero-order valence-electron chi connectivity index (χ0n) is 24.5. The molecule has 2 aliphatic heterocycles. The van der Waals surface area contributed by atoms with Crippen LogP contribution in [0.2, 0.25) is 0 Å². The molecule has 1 aromatic carbocycles. The van der Waals surface area contributed by atoms with E-state index in [1.165, 1.54) is 27.1 Å². The van der Waals surface area contributed by atoms with Gasteiger partial charge in [-0.05, 0) is 68.2 Å². The van der Waals surface area contributed by atoms with E-state index >= 15 is 0 Å². The first-order valence-corrected chi connectivity index (χ1v) is 13.6. The number of carbonyl (C=O) groups is 1. The van der Waals surface area contributed by atoms with Crippen LogP contribution in [0.1, 0.15) is 43.9 Å². The first-order valence-electron chi connectivity index (χ1n) is 13.6. The van der Waals surface area contributed by atoms with Crippen molar-refractivity contribution in [2.75, 3.05) is 40.3 Å². The second-order valence-electron chi connectivity index (χ2n) is 11.8. The molecule has 4 rings (SSSR count). The molecule has 1 N–H and O–H groups in total. The van der Waals surface area contributed by atoms with Crippen molar-refractivity contribution in [3.8, 4) is 0 Å². The predicted molar refractivity (Wildman–Crippen MR) is 147 cm³/mol. The number of benzene rings is 1. The number of quaternary nitrogens is 1. The number of hydroxylamine groups is 5. The highest BCUT2D eigenvalue weighted by Gasteiger charge is 2.42. The summed E-state index contributed by atoms with van der Waals surface area (Å²) in [7, 11) is 2.93. The van der Waals surface area contributed by atoms with Crippen LogP contribution in [0.4, 0.5) is 26.3 Å². The molecule has 234 valence electrons. The molecule has 13 heteroatoms. The second kappa shape index (κ2) is 11.2. The van der Waals surface area contributed by atoms with Crippen LogP contribution in [-0.4, -0.2) is 70.9 Å². The first kappa shape index (κ1) is 32.4. The van der Waals surface area contributed by atoms with Gasteiger partial charge in [0.25, 0.3) is 0 Å². The molecule has 0 spiro atoms. The molecule has 7 nitrogen and oxygen atoms in total. The fourth-order valence-electron chi connectivity index (χ4n) is 5.33. The monoisotopic (exact) mass is 612 g/mol. The molecule has 43 heavy (non-hydrogen) atoms. The number of nitrogens with zero attached hydrogens (tertiary/aromatic N) is 4. The van der Waals surface area contributed by atoms with Crippen molar-refractivity contribution in [1.29, 1.82) is 0 Å². The molecule has 3 aliphatic rings. The molecule has 1 saturated heterocycles. The third kappa shape index (κ3) is 6.68. The van der Waals surface area contributed by atoms with Gasteiger partial charge in [-0.25, -0.2) is 5.06 Å². The van der Waals surface area contributed by atoms with Crippen LogP contribution in [0.5, 0.6) is 0 Å². The van der Waals surface area contributed by atoms with Gasteiger partial charge < -0.3 is 19.7 Å². The fraction of sp³-hybridized carbons (Fsp3) is 0.433. The topological polar surface area (TPSA) is 70.1 Å². The minimum absolute atomic E-state index is 0.0243. The van der Waals surface area contributed by atoms with E-state index in [2.05, 4.69) is 0 Å². The van der Waals surface area contributed by atoms with Crippen molar-refractivity contribution in [2.45, 2.75) is 45.0 Å². The molecular formula is C30H34F6N4O3. The van der Waals surface area contributed by atoms with E-state index in [4.69, 9.17) is 0 Å². The smallest absolute Gasteiger partial charge is 0.416 e. The largest absolute Gasteiger partial charge is 0.633 e. The molecule has 0 bridgehead atoms. The van der Waals surface area contributed by atoms with Crippen LogP contribution in [0.3, 0.4) is 0 Å². The fourth-order valence-corrected chi connectivity index (χ4v) is 5.33. The van der Waals surface area contributed by atoms with E-state index in [9.17, 15) is 41.6 Å². The van der Waals surface area contributed by atoms with Crippen molar-refractivity contribution in [3.63, 3.8) is 0 Å². The average molecular weight is 613 g/mol. The Kier molecular flexibility index (Phi) is 8.42. The van der Waals surface area contributed by atoms with E-state index < -0.39 is 45.0 Å². The minimum Gasteiger partial charge on any atom is -0.633 e. The number of hydrogen-bond acceptors (Lipinski definition) is 5. The summed E-state index contributed by atoms with van der Waals surface area (Å²) >= 11 is 0. The number of alkyl halides is 6. The number of rotatable bonds is 4. The lowest BCUT2D eigenvalue weighted by Gasteiger charge is -2.47. The Bertz CT molecular complexity index is 1410. The van der Waals surface area contributed by atoms with E-state index in [1.807, 2.05) is 30.1 Å². The van der Waals surface area contributed by atoms with Gasteiger partial charge in [0.2, 0.25) is 5.91 Å². The third-order valence-electron chi connectivity index (χ3n) is 8.15. The quantitative estimate of drug-likeness (QED) is 0.245. The Balaban J connectivity index is 1.77. The summed E-state index contributed by atoms with van der Waals surface area (Å²) in [6, 6.07) is 1.14. The van der Waals surface area contributed by atoms with Crippen LogP contribution < -0.4 is 0 Å². The van der Waals surface area contributed by atoms with Crippen molar-refractivity contribution in [2.24, 2.45) is 0 Å². The van der Waals surface area contributed by atoms with Gasteiger partial charge in [-0.2, -0.15) is 26.3 Å². The first-order chi connectivity index (χ1) is 19.7. The van der Waals surface area contributed by atoms with Gasteiger partial charge in [0.05, 0.1) is 61.7 Å². The predicted octanol–water partition coefficient (Wildman–Crippen LogP) is 6.31. The summed E-state index contributed by atoms with van der Waals surface area (Å²) in [6.07, 6.45) is -1.04. The van der Waals surface area contributed by atoms with E-state index in [-0.39, 0.29) is 11.8 Å². The van der Waals surface area contributed by atoms with Crippen LogP contribution in [0.15, 0.2) is 76.9 Å². The molecule has 0 saturated carbocycles. The molecule has 1 fully saturated rings. The van der Waals surface area contributed by atoms with E-state index in [0.29, 0.717) is 56.1 Å². The molecule has 0 atom stereocenters. The Morgan fingerprint density at radius 3 is 2.05 bits per heavy atom. The summed E-state index contributed by atoms with van der Waals surface area (Å²) in [5, 5.41) is 24.2. The molecule has 2 heterocycles. The standard InChI is InChI=1S/C30H34F6N4O3/c1-19-8-6-7-9-23(19)24-17-26(38-10-12-40(5,43)13-11-38)39(42)18-25(24)37(4)27(41)28(2,3)20-14-21(29(31,32)33)16-22(15-20)30(34,35)36/h6-8,14-18,42H,9-13H2,1-5H3. The van der Waals surface area contributed by atoms with E-state index in [0.717, 1.165) is 21.1 Å². The lowest BCUT2D eigenvalue weighted by Crippen LogP contribution is -2.54. The summed E-state index contributed by atoms with van der Waals surface area (Å²) in [6.45, 7) is 5.70. The van der Waals surface area contributed by atoms with Crippen molar-refractivity contribution >= 4 is 5.91 Å². The van der Waals surface area contributed by atoms with Gasteiger partial charge in [-0.1, -0.05) is 18.2 Å². The van der Waals surface area contributed by atoms with Gasteiger partial charge in [-0.15, -0.1) is 0 Å². The lowest BCUT2D eigenvalue weighted by molar-refractivity contribution is -0.865. The van der Waals surface area contributed by atoms with Gasteiger partial charge in [0.1, 0.15) is 5.82 Å². The average Bonchev–Trinajstić information content (AvgIpc) is 2.91. The van der Waals surface area contributed by atoms with Gasteiger partial charge >= 0.3 is 12.4 Å². The maximum atomic E-state index is 14.0. The summed E-state index contributed by atoms with van der Waals surface area (Å²) in [5.74, 6) is -0.416. The van der Waals surface area contributed by atoms with Gasteiger partial charge in [-0.3, -0.25) is 10.0 Å². The lowest BCUT2D eigenvalue weighted by atomic mass is 9.81.